The number of carbonyl (C=O) groups excluding carboxylic acids is 1. The largest absolute Gasteiger partial charge is 0.478 e. The van der Waals surface area contributed by atoms with E-state index in [1.54, 1.807) is 12.3 Å². The number of carboxylic acid groups (broad SMARTS) is 1. The number of thiazole rings is 1. The van der Waals surface area contributed by atoms with Crippen LogP contribution in [0.25, 0.3) is 0 Å². The van der Waals surface area contributed by atoms with Crippen molar-refractivity contribution in [2.24, 2.45) is 0 Å². The van der Waals surface area contributed by atoms with Crippen molar-refractivity contribution in [3.8, 4) is 0 Å². The third-order valence-corrected chi connectivity index (χ3v) is 3.43. The number of aromatic nitrogens is 2. The van der Waals surface area contributed by atoms with Gasteiger partial charge in [-0.3, -0.25) is 14.2 Å². The molecule has 0 aromatic carbocycles. The summed E-state index contributed by atoms with van der Waals surface area (Å²) in [5.41, 5.74) is 0.724. The summed E-state index contributed by atoms with van der Waals surface area (Å²) >= 11 is 1.02. The smallest absolute Gasteiger partial charge is 0.335 e. The molecule has 2 aromatic rings. The predicted molar refractivity (Wildman–Crippen MR) is 73.1 cm³/mol. The Bertz CT molecular complexity index is 719. The standard InChI is InChI=1S/C12H11N3O4S/c1-7-6-20-12(19)15(7)5-10(16)14-9-4-8(11(17)18)2-3-13-9/h2-4,6H,5H2,1H3,(H,17,18)(H,13,14,16). The molecule has 7 nitrogen and oxygen atoms in total. The summed E-state index contributed by atoms with van der Waals surface area (Å²) in [4.78, 5) is 37.7. The first-order valence-corrected chi connectivity index (χ1v) is 6.49. The second-order valence-electron chi connectivity index (χ2n) is 4.01. The first-order valence-electron chi connectivity index (χ1n) is 5.61. The number of hydrogen-bond acceptors (Lipinski definition) is 5. The van der Waals surface area contributed by atoms with Gasteiger partial charge in [0.2, 0.25) is 5.91 Å². The maximum atomic E-state index is 11.8. The highest BCUT2D eigenvalue weighted by Gasteiger charge is 2.10. The van der Waals surface area contributed by atoms with E-state index in [2.05, 4.69) is 10.3 Å². The normalized spacial score (nSPS) is 10.2. The Morgan fingerprint density at radius 1 is 1.50 bits per heavy atom. The van der Waals surface area contributed by atoms with E-state index in [1.165, 1.54) is 22.9 Å². The molecular weight excluding hydrogens is 282 g/mol. The topological polar surface area (TPSA) is 101 Å². The van der Waals surface area contributed by atoms with Gasteiger partial charge in [-0.25, -0.2) is 9.78 Å². The molecule has 0 bridgehead atoms. The Kier molecular flexibility index (Phi) is 3.94. The molecule has 0 aliphatic rings. The van der Waals surface area contributed by atoms with Crippen molar-refractivity contribution in [2.75, 3.05) is 5.32 Å². The molecule has 0 saturated heterocycles. The summed E-state index contributed by atoms with van der Waals surface area (Å²) in [5.74, 6) is -1.41. The third-order valence-electron chi connectivity index (χ3n) is 2.55. The van der Waals surface area contributed by atoms with Gasteiger partial charge in [0.1, 0.15) is 12.4 Å². The predicted octanol–water partition coefficient (Wildman–Crippen LogP) is 0.950. The second kappa shape index (κ2) is 5.66. The minimum atomic E-state index is -1.10. The van der Waals surface area contributed by atoms with E-state index in [0.717, 1.165) is 11.3 Å². The van der Waals surface area contributed by atoms with E-state index >= 15 is 0 Å². The zero-order valence-corrected chi connectivity index (χ0v) is 11.3. The van der Waals surface area contributed by atoms with E-state index in [-0.39, 0.29) is 22.8 Å². The molecule has 0 saturated carbocycles. The van der Waals surface area contributed by atoms with Gasteiger partial charge in [0.25, 0.3) is 0 Å². The Morgan fingerprint density at radius 3 is 2.85 bits per heavy atom. The Hall–Kier alpha value is -2.48. The fourth-order valence-electron chi connectivity index (χ4n) is 1.55. The van der Waals surface area contributed by atoms with Gasteiger partial charge in [0.15, 0.2) is 0 Å². The molecule has 0 spiro atoms. The molecule has 2 N–H and O–H groups in total. The number of carboxylic acids is 1. The van der Waals surface area contributed by atoms with Gasteiger partial charge in [0.05, 0.1) is 5.56 Å². The van der Waals surface area contributed by atoms with E-state index in [1.807, 2.05) is 0 Å². The number of rotatable bonds is 4. The van der Waals surface area contributed by atoms with Gasteiger partial charge in [-0.1, -0.05) is 11.3 Å². The fraction of sp³-hybridized carbons (Fsp3) is 0.167. The summed E-state index contributed by atoms with van der Waals surface area (Å²) < 4.78 is 1.33. The van der Waals surface area contributed by atoms with Crippen LogP contribution >= 0.6 is 11.3 Å². The molecule has 8 heteroatoms. The van der Waals surface area contributed by atoms with Crippen LogP contribution in [0.5, 0.6) is 0 Å². The van der Waals surface area contributed by atoms with Gasteiger partial charge in [-0.05, 0) is 19.1 Å². The highest BCUT2D eigenvalue weighted by molar-refractivity contribution is 7.07. The van der Waals surface area contributed by atoms with Crippen LogP contribution in [-0.4, -0.2) is 26.5 Å². The lowest BCUT2D eigenvalue weighted by atomic mass is 10.2. The van der Waals surface area contributed by atoms with Crippen LogP contribution in [-0.2, 0) is 11.3 Å². The van der Waals surface area contributed by atoms with E-state index < -0.39 is 11.9 Å². The van der Waals surface area contributed by atoms with Crippen molar-refractivity contribution >= 4 is 29.0 Å². The molecule has 0 unspecified atom stereocenters. The Labute approximate surface area is 117 Å². The number of aryl methyl sites for hydroxylation is 1. The maximum Gasteiger partial charge on any atom is 0.335 e. The van der Waals surface area contributed by atoms with Crippen LogP contribution in [0.15, 0.2) is 28.5 Å². The molecule has 1 amide bonds. The molecule has 104 valence electrons. The number of pyridine rings is 1. The number of hydrogen-bond donors (Lipinski definition) is 2. The average Bonchev–Trinajstić information content (AvgIpc) is 2.71. The van der Waals surface area contributed by atoms with Crippen LogP contribution in [0.1, 0.15) is 16.1 Å². The summed E-state index contributed by atoms with van der Waals surface area (Å²) in [5, 5.41) is 13.0. The van der Waals surface area contributed by atoms with Crippen molar-refractivity contribution in [3.63, 3.8) is 0 Å². The first-order chi connectivity index (χ1) is 9.47. The minimum absolute atomic E-state index is 0.0270. The fourth-order valence-corrected chi connectivity index (χ4v) is 2.29. The van der Waals surface area contributed by atoms with Crippen LogP contribution in [0.2, 0.25) is 0 Å². The van der Waals surface area contributed by atoms with Gasteiger partial charge in [-0.15, -0.1) is 0 Å². The Morgan fingerprint density at radius 2 is 2.25 bits per heavy atom. The third kappa shape index (κ3) is 3.09. The highest BCUT2D eigenvalue weighted by Crippen LogP contribution is 2.07. The monoisotopic (exact) mass is 293 g/mol. The van der Waals surface area contributed by atoms with Crippen molar-refractivity contribution in [3.05, 3.63) is 44.6 Å². The van der Waals surface area contributed by atoms with Crippen molar-refractivity contribution in [1.82, 2.24) is 9.55 Å². The van der Waals surface area contributed by atoms with Gasteiger partial charge < -0.3 is 10.4 Å². The number of anilines is 1. The molecule has 0 radical (unpaired) electrons. The lowest BCUT2D eigenvalue weighted by Crippen LogP contribution is -2.25. The van der Waals surface area contributed by atoms with Crippen LogP contribution < -0.4 is 10.2 Å². The zero-order valence-electron chi connectivity index (χ0n) is 10.5. The SMILES string of the molecule is Cc1csc(=O)n1CC(=O)Nc1cc(C(=O)O)ccn1. The molecule has 0 aliphatic heterocycles. The molecule has 2 aromatic heterocycles. The number of nitrogens with one attached hydrogen (secondary N) is 1. The lowest BCUT2D eigenvalue weighted by Gasteiger charge is -2.06. The molecular formula is C12H11N3O4S. The second-order valence-corrected chi connectivity index (χ2v) is 4.83. The number of nitrogens with zero attached hydrogens (tertiary/aromatic N) is 2. The Balaban J connectivity index is 2.11. The van der Waals surface area contributed by atoms with Gasteiger partial charge in [0, 0.05) is 17.3 Å². The van der Waals surface area contributed by atoms with Crippen LogP contribution in [0.4, 0.5) is 5.82 Å². The van der Waals surface area contributed by atoms with Crippen LogP contribution in [0, 0.1) is 6.92 Å². The summed E-state index contributed by atoms with van der Waals surface area (Å²) in [6.07, 6.45) is 1.29. The van der Waals surface area contributed by atoms with E-state index in [0.29, 0.717) is 5.69 Å². The summed E-state index contributed by atoms with van der Waals surface area (Å²) in [7, 11) is 0. The number of carbonyl (C=O) groups is 2. The van der Waals surface area contributed by atoms with Crippen molar-refractivity contribution in [2.45, 2.75) is 13.5 Å². The molecule has 20 heavy (non-hydrogen) atoms. The lowest BCUT2D eigenvalue weighted by molar-refractivity contribution is -0.116. The summed E-state index contributed by atoms with van der Waals surface area (Å²) in [6.45, 7) is 1.60. The number of aromatic carboxylic acids is 1. The van der Waals surface area contributed by atoms with E-state index in [9.17, 15) is 14.4 Å². The maximum absolute atomic E-state index is 11.8. The molecule has 2 rings (SSSR count). The van der Waals surface area contributed by atoms with Crippen LogP contribution in [0.3, 0.4) is 0 Å². The molecule has 2 heterocycles. The van der Waals surface area contributed by atoms with Gasteiger partial charge >= 0.3 is 10.8 Å². The van der Waals surface area contributed by atoms with Gasteiger partial charge in [-0.2, -0.15) is 0 Å². The van der Waals surface area contributed by atoms with Crippen molar-refractivity contribution < 1.29 is 14.7 Å². The zero-order chi connectivity index (χ0) is 14.7. The number of amides is 1. The summed E-state index contributed by atoms with van der Waals surface area (Å²) in [6, 6.07) is 2.58. The minimum Gasteiger partial charge on any atom is -0.478 e. The highest BCUT2D eigenvalue weighted by atomic mass is 32.1. The first kappa shape index (κ1) is 13.9. The van der Waals surface area contributed by atoms with E-state index in [4.69, 9.17) is 5.11 Å². The average molecular weight is 293 g/mol. The molecule has 0 fully saturated rings. The van der Waals surface area contributed by atoms with Crippen molar-refractivity contribution in [1.29, 1.82) is 0 Å². The molecule has 0 aliphatic carbocycles. The quantitative estimate of drug-likeness (QED) is 0.874. The molecule has 0 atom stereocenters.